The minimum atomic E-state index is 0.182. The molecule has 0 spiro atoms. The second kappa shape index (κ2) is 8.33. The van der Waals surface area contributed by atoms with Crippen LogP contribution in [0.2, 0.25) is 0 Å². The number of nitrogens with zero attached hydrogens (tertiary/aromatic N) is 4. The molecule has 3 rings (SSSR count). The summed E-state index contributed by atoms with van der Waals surface area (Å²) in [5.74, 6) is 2.46. The molecule has 0 amide bonds. The first kappa shape index (κ1) is 17.0. The van der Waals surface area contributed by atoms with Crippen molar-refractivity contribution in [3.63, 3.8) is 0 Å². The van der Waals surface area contributed by atoms with Crippen LogP contribution < -0.4 is 10.1 Å². The quantitative estimate of drug-likeness (QED) is 0.668. The van der Waals surface area contributed by atoms with Gasteiger partial charge in [-0.15, -0.1) is 0 Å². The largest absolute Gasteiger partial charge is 0.472 e. The van der Waals surface area contributed by atoms with Crippen molar-refractivity contribution in [2.45, 2.75) is 25.4 Å². The molecular weight excluding hydrogens is 302 g/mol. The van der Waals surface area contributed by atoms with E-state index in [4.69, 9.17) is 4.74 Å². The third-order valence-corrected chi connectivity index (χ3v) is 4.97. The van der Waals surface area contributed by atoms with E-state index >= 15 is 0 Å². The smallest absolute Gasteiger partial charge is 0.213 e. The molecule has 1 aromatic rings. The van der Waals surface area contributed by atoms with E-state index in [0.29, 0.717) is 5.88 Å². The zero-order valence-corrected chi connectivity index (χ0v) is 14.8. The molecule has 0 aliphatic carbocycles. The Balaban J connectivity index is 1.45. The lowest BCUT2D eigenvalue weighted by atomic mass is 9.97. The van der Waals surface area contributed by atoms with Crippen LogP contribution in [-0.2, 0) is 0 Å². The van der Waals surface area contributed by atoms with Crippen molar-refractivity contribution in [3.05, 3.63) is 24.4 Å². The molecule has 2 fully saturated rings. The van der Waals surface area contributed by atoms with Crippen LogP contribution >= 0.6 is 0 Å². The lowest BCUT2D eigenvalue weighted by Crippen LogP contribution is -2.44. The number of aromatic nitrogens is 1. The molecule has 2 aliphatic heterocycles. The molecule has 1 aromatic heterocycles. The predicted octanol–water partition coefficient (Wildman–Crippen LogP) is 1.45. The summed E-state index contributed by atoms with van der Waals surface area (Å²) in [7, 11) is 4.07. The Morgan fingerprint density at radius 1 is 1.29 bits per heavy atom. The Hall–Kier alpha value is -1.82. The fraction of sp³-hybridized carbons (Fsp3) is 0.667. The summed E-state index contributed by atoms with van der Waals surface area (Å²) in [6, 6.07) is 5.77. The molecule has 0 saturated carbocycles. The molecule has 6 heteroatoms. The maximum absolute atomic E-state index is 5.97. The van der Waals surface area contributed by atoms with Crippen LogP contribution in [0.4, 0.5) is 0 Å². The summed E-state index contributed by atoms with van der Waals surface area (Å²) in [6.07, 6.45) is 5.50. The minimum absolute atomic E-state index is 0.182. The molecule has 24 heavy (non-hydrogen) atoms. The van der Waals surface area contributed by atoms with E-state index in [0.717, 1.165) is 37.9 Å². The second-order valence-corrected chi connectivity index (χ2v) is 6.82. The summed E-state index contributed by atoms with van der Waals surface area (Å²) < 4.78 is 5.97. The molecular formula is C18H29N5O. The monoisotopic (exact) mass is 331 g/mol. The molecule has 0 radical (unpaired) electrons. The second-order valence-electron chi connectivity index (χ2n) is 6.82. The van der Waals surface area contributed by atoms with Crippen molar-refractivity contribution in [1.29, 1.82) is 0 Å². The zero-order chi connectivity index (χ0) is 16.8. The number of guanidine groups is 1. The molecule has 0 bridgehead atoms. The van der Waals surface area contributed by atoms with Crippen molar-refractivity contribution in [3.8, 4) is 5.88 Å². The van der Waals surface area contributed by atoms with Gasteiger partial charge in [0.05, 0.1) is 6.54 Å². The van der Waals surface area contributed by atoms with Crippen molar-refractivity contribution in [2.24, 2.45) is 10.9 Å². The van der Waals surface area contributed by atoms with Crippen LogP contribution in [0.1, 0.15) is 19.3 Å². The molecule has 3 heterocycles. The lowest BCUT2D eigenvalue weighted by molar-refractivity contribution is 0.204. The standard InChI is InChI=1S/C18H29N5O/c1-19-18(21-13-15-6-10-22(2)11-7-15)23-12-8-16(14-23)24-17-5-3-4-9-20-17/h3-5,9,15-16H,6-8,10-14H2,1-2H3,(H,19,21). The molecule has 2 saturated heterocycles. The van der Waals surface area contributed by atoms with Gasteiger partial charge in [0.2, 0.25) is 5.88 Å². The highest BCUT2D eigenvalue weighted by Crippen LogP contribution is 2.17. The molecule has 1 atom stereocenters. The third kappa shape index (κ3) is 4.60. The summed E-state index contributed by atoms with van der Waals surface area (Å²) in [5.41, 5.74) is 0. The van der Waals surface area contributed by atoms with E-state index in [1.807, 2.05) is 25.2 Å². The Bertz CT molecular complexity index is 527. The number of hydrogen-bond acceptors (Lipinski definition) is 4. The maximum Gasteiger partial charge on any atom is 0.213 e. The highest BCUT2D eigenvalue weighted by atomic mass is 16.5. The summed E-state index contributed by atoms with van der Waals surface area (Å²) in [6.45, 7) is 5.26. The van der Waals surface area contributed by atoms with Gasteiger partial charge in [0, 0.05) is 38.8 Å². The molecule has 132 valence electrons. The van der Waals surface area contributed by atoms with Crippen LogP contribution in [0.15, 0.2) is 29.4 Å². The van der Waals surface area contributed by atoms with E-state index in [-0.39, 0.29) is 6.10 Å². The Morgan fingerprint density at radius 3 is 2.83 bits per heavy atom. The van der Waals surface area contributed by atoms with Crippen LogP contribution in [0.25, 0.3) is 0 Å². The van der Waals surface area contributed by atoms with Gasteiger partial charge in [-0.1, -0.05) is 6.07 Å². The third-order valence-electron chi connectivity index (χ3n) is 4.97. The summed E-state index contributed by atoms with van der Waals surface area (Å²) >= 11 is 0. The first-order valence-corrected chi connectivity index (χ1v) is 8.96. The number of nitrogens with one attached hydrogen (secondary N) is 1. The van der Waals surface area contributed by atoms with Gasteiger partial charge < -0.3 is 19.9 Å². The van der Waals surface area contributed by atoms with Crippen LogP contribution in [0.5, 0.6) is 5.88 Å². The average Bonchev–Trinajstić information content (AvgIpc) is 3.06. The van der Waals surface area contributed by atoms with Crippen molar-refractivity contribution in [1.82, 2.24) is 20.1 Å². The maximum atomic E-state index is 5.97. The number of likely N-dealkylation sites (tertiary alicyclic amines) is 2. The van der Waals surface area contributed by atoms with Crippen LogP contribution in [0, 0.1) is 5.92 Å². The van der Waals surface area contributed by atoms with Crippen molar-refractivity contribution < 1.29 is 4.74 Å². The van der Waals surface area contributed by atoms with Gasteiger partial charge in [0.25, 0.3) is 0 Å². The number of aliphatic imine (C=N–C) groups is 1. The topological polar surface area (TPSA) is 53.0 Å². The van der Waals surface area contributed by atoms with E-state index < -0.39 is 0 Å². The number of ether oxygens (including phenoxy) is 1. The summed E-state index contributed by atoms with van der Waals surface area (Å²) in [5, 5.41) is 3.57. The van der Waals surface area contributed by atoms with E-state index in [1.165, 1.54) is 25.9 Å². The van der Waals surface area contributed by atoms with Crippen LogP contribution in [-0.4, -0.2) is 73.7 Å². The van der Waals surface area contributed by atoms with Gasteiger partial charge in [-0.2, -0.15) is 0 Å². The Kier molecular flexibility index (Phi) is 5.91. The van der Waals surface area contributed by atoms with Gasteiger partial charge >= 0.3 is 0 Å². The summed E-state index contributed by atoms with van der Waals surface area (Å²) in [4.78, 5) is 13.4. The number of pyridine rings is 1. The SMILES string of the molecule is CN=C(NCC1CCN(C)CC1)N1CCC(Oc2ccccn2)C1. The van der Waals surface area contributed by atoms with E-state index in [2.05, 4.69) is 32.1 Å². The normalized spacial score (nSPS) is 23.5. The molecule has 1 N–H and O–H groups in total. The van der Waals surface area contributed by atoms with Gasteiger partial charge in [0.15, 0.2) is 5.96 Å². The fourth-order valence-electron chi connectivity index (χ4n) is 3.44. The lowest BCUT2D eigenvalue weighted by Gasteiger charge is -2.30. The van der Waals surface area contributed by atoms with E-state index in [1.54, 1.807) is 6.20 Å². The predicted molar refractivity (Wildman–Crippen MR) is 96.4 cm³/mol. The first-order valence-electron chi connectivity index (χ1n) is 8.96. The Labute approximate surface area is 144 Å². The van der Waals surface area contributed by atoms with Gasteiger partial charge in [0.1, 0.15) is 6.10 Å². The van der Waals surface area contributed by atoms with E-state index in [9.17, 15) is 0 Å². The highest BCUT2D eigenvalue weighted by molar-refractivity contribution is 5.80. The number of rotatable bonds is 4. The van der Waals surface area contributed by atoms with Crippen LogP contribution in [0.3, 0.4) is 0 Å². The number of hydrogen-bond donors (Lipinski definition) is 1. The average molecular weight is 331 g/mol. The van der Waals surface area contributed by atoms with Crippen molar-refractivity contribution in [2.75, 3.05) is 46.8 Å². The molecule has 2 aliphatic rings. The first-order chi connectivity index (χ1) is 11.7. The fourth-order valence-corrected chi connectivity index (χ4v) is 3.44. The number of piperidine rings is 1. The highest BCUT2D eigenvalue weighted by Gasteiger charge is 2.27. The Morgan fingerprint density at radius 2 is 2.12 bits per heavy atom. The molecule has 0 aromatic carbocycles. The van der Waals surface area contributed by atoms with Gasteiger partial charge in [-0.3, -0.25) is 4.99 Å². The van der Waals surface area contributed by atoms with Gasteiger partial charge in [-0.25, -0.2) is 4.98 Å². The molecule has 1 unspecified atom stereocenters. The zero-order valence-electron chi connectivity index (χ0n) is 14.8. The molecule has 6 nitrogen and oxygen atoms in total. The van der Waals surface area contributed by atoms with Crippen molar-refractivity contribution >= 4 is 5.96 Å². The van der Waals surface area contributed by atoms with Gasteiger partial charge in [-0.05, 0) is 45.0 Å². The minimum Gasteiger partial charge on any atom is -0.472 e.